The lowest BCUT2D eigenvalue weighted by molar-refractivity contribution is 0.348. The lowest BCUT2D eigenvalue weighted by atomic mass is 10.1. The maximum Gasteiger partial charge on any atom is 0.229 e. The van der Waals surface area contributed by atoms with E-state index in [2.05, 4.69) is 37.8 Å². The Balaban J connectivity index is 2.67. The number of hydrogen-bond donors (Lipinski definition) is 0. The van der Waals surface area contributed by atoms with E-state index in [9.17, 15) is 0 Å². The maximum atomic E-state index is 5.18. The van der Waals surface area contributed by atoms with Gasteiger partial charge in [-0.1, -0.05) is 39.3 Å². The number of aromatic nitrogens is 2. The fraction of sp³-hybridized carbons (Fsp3) is 0.800. The lowest BCUT2D eigenvalue weighted by Gasteiger charge is -2.01. The number of rotatable bonds is 4. The smallest absolute Gasteiger partial charge is 0.229 e. The zero-order chi connectivity index (χ0) is 9.84. The Hall–Kier alpha value is -0.860. The van der Waals surface area contributed by atoms with Gasteiger partial charge in [-0.05, 0) is 6.42 Å². The van der Waals surface area contributed by atoms with Gasteiger partial charge in [-0.25, -0.2) is 0 Å². The highest BCUT2D eigenvalue weighted by atomic mass is 16.5. The SMILES string of the molecule is CCCC(C)c1nc(C(C)C)no1. The van der Waals surface area contributed by atoms with Gasteiger partial charge in [-0.2, -0.15) is 4.98 Å². The maximum absolute atomic E-state index is 5.18. The van der Waals surface area contributed by atoms with Gasteiger partial charge in [0.2, 0.25) is 5.89 Å². The highest BCUT2D eigenvalue weighted by Crippen LogP contribution is 2.20. The second-order valence-electron chi connectivity index (χ2n) is 3.84. The molecule has 3 nitrogen and oxygen atoms in total. The molecule has 0 saturated heterocycles. The average molecular weight is 182 g/mol. The molecule has 0 bridgehead atoms. The van der Waals surface area contributed by atoms with Crippen molar-refractivity contribution in [2.24, 2.45) is 0 Å². The van der Waals surface area contributed by atoms with Crippen LogP contribution in [0.4, 0.5) is 0 Å². The zero-order valence-corrected chi connectivity index (χ0v) is 8.87. The molecule has 74 valence electrons. The van der Waals surface area contributed by atoms with Crippen molar-refractivity contribution in [1.29, 1.82) is 0 Å². The summed E-state index contributed by atoms with van der Waals surface area (Å²) in [6, 6.07) is 0. The fourth-order valence-electron chi connectivity index (χ4n) is 1.24. The van der Waals surface area contributed by atoms with Crippen molar-refractivity contribution in [1.82, 2.24) is 10.1 Å². The molecular weight excluding hydrogens is 164 g/mol. The van der Waals surface area contributed by atoms with Crippen LogP contribution in [0, 0.1) is 0 Å². The molecule has 0 spiro atoms. The summed E-state index contributed by atoms with van der Waals surface area (Å²) in [6.45, 7) is 8.43. The monoisotopic (exact) mass is 182 g/mol. The summed E-state index contributed by atoms with van der Waals surface area (Å²) in [5, 5.41) is 3.93. The van der Waals surface area contributed by atoms with Crippen LogP contribution in [-0.4, -0.2) is 10.1 Å². The largest absolute Gasteiger partial charge is 0.339 e. The summed E-state index contributed by atoms with van der Waals surface area (Å²) in [6.07, 6.45) is 2.26. The normalized spacial score (nSPS) is 13.6. The molecule has 0 radical (unpaired) electrons. The van der Waals surface area contributed by atoms with Gasteiger partial charge in [-0.3, -0.25) is 0 Å². The van der Waals surface area contributed by atoms with E-state index in [1.807, 2.05) is 0 Å². The number of hydrogen-bond acceptors (Lipinski definition) is 3. The van der Waals surface area contributed by atoms with Gasteiger partial charge in [0.15, 0.2) is 5.82 Å². The van der Waals surface area contributed by atoms with Crippen molar-refractivity contribution in [3.05, 3.63) is 11.7 Å². The molecule has 3 heteroatoms. The Morgan fingerprint density at radius 3 is 2.46 bits per heavy atom. The molecule has 0 saturated carbocycles. The van der Waals surface area contributed by atoms with Crippen LogP contribution >= 0.6 is 0 Å². The highest BCUT2D eigenvalue weighted by molar-refractivity contribution is 4.95. The second kappa shape index (κ2) is 4.40. The molecule has 1 aromatic heterocycles. The first-order chi connectivity index (χ1) is 6.15. The van der Waals surface area contributed by atoms with Crippen LogP contribution in [0.25, 0.3) is 0 Å². The van der Waals surface area contributed by atoms with E-state index in [4.69, 9.17) is 4.52 Å². The van der Waals surface area contributed by atoms with E-state index in [-0.39, 0.29) is 0 Å². The van der Waals surface area contributed by atoms with E-state index in [1.165, 1.54) is 0 Å². The Morgan fingerprint density at radius 2 is 2.00 bits per heavy atom. The molecule has 13 heavy (non-hydrogen) atoms. The summed E-state index contributed by atoms with van der Waals surface area (Å²) < 4.78 is 5.18. The molecule has 0 aliphatic carbocycles. The molecule has 1 rings (SSSR count). The average Bonchev–Trinajstić information content (AvgIpc) is 2.52. The van der Waals surface area contributed by atoms with Crippen LogP contribution in [0.2, 0.25) is 0 Å². The Kier molecular flexibility index (Phi) is 3.46. The van der Waals surface area contributed by atoms with Crippen LogP contribution in [0.1, 0.15) is 64.1 Å². The fourth-order valence-corrected chi connectivity index (χ4v) is 1.24. The third-order valence-electron chi connectivity index (χ3n) is 2.12. The van der Waals surface area contributed by atoms with Crippen molar-refractivity contribution in [3.8, 4) is 0 Å². The molecule has 0 fully saturated rings. The topological polar surface area (TPSA) is 38.9 Å². The molecule has 0 amide bonds. The van der Waals surface area contributed by atoms with Crippen LogP contribution < -0.4 is 0 Å². The first kappa shape index (κ1) is 10.2. The summed E-state index contributed by atoms with van der Waals surface area (Å²) in [5.74, 6) is 2.35. The molecule has 1 aromatic rings. The zero-order valence-electron chi connectivity index (χ0n) is 8.87. The molecule has 1 atom stereocenters. The summed E-state index contributed by atoms with van der Waals surface area (Å²) >= 11 is 0. The van der Waals surface area contributed by atoms with Gasteiger partial charge >= 0.3 is 0 Å². The van der Waals surface area contributed by atoms with Crippen molar-refractivity contribution >= 4 is 0 Å². The minimum atomic E-state index is 0.353. The predicted molar refractivity (Wildman–Crippen MR) is 51.7 cm³/mol. The molecule has 0 aliphatic heterocycles. The van der Waals surface area contributed by atoms with Crippen molar-refractivity contribution in [2.45, 2.75) is 52.4 Å². The molecule has 0 aromatic carbocycles. The quantitative estimate of drug-likeness (QED) is 0.718. The standard InChI is InChI=1S/C10H18N2O/c1-5-6-8(4)10-11-9(7(2)3)12-13-10/h7-8H,5-6H2,1-4H3. The minimum absolute atomic E-state index is 0.353. The van der Waals surface area contributed by atoms with E-state index in [0.29, 0.717) is 11.8 Å². The van der Waals surface area contributed by atoms with Crippen LogP contribution in [0.3, 0.4) is 0 Å². The third-order valence-corrected chi connectivity index (χ3v) is 2.12. The molecule has 0 N–H and O–H groups in total. The van der Waals surface area contributed by atoms with E-state index < -0.39 is 0 Å². The van der Waals surface area contributed by atoms with Crippen molar-refractivity contribution in [3.63, 3.8) is 0 Å². The van der Waals surface area contributed by atoms with Gasteiger partial charge in [-0.15, -0.1) is 0 Å². The Bertz CT molecular complexity index is 255. The minimum Gasteiger partial charge on any atom is -0.339 e. The molecule has 0 aliphatic rings. The van der Waals surface area contributed by atoms with Crippen LogP contribution in [0.5, 0.6) is 0 Å². The molecular formula is C10H18N2O. The first-order valence-corrected chi connectivity index (χ1v) is 4.98. The Labute approximate surface area is 79.5 Å². The van der Waals surface area contributed by atoms with Gasteiger partial charge in [0.25, 0.3) is 0 Å². The van der Waals surface area contributed by atoms with Crippen molar-refractivity contribution in [2.75, 3.05) is 0 Å². The van der Waals surface area contributed by atoms with Crippen LogP contribution in [0.15, 0.2) is 4.52 Å². The van der Waals surface area contributed by atoms with E-state index in [1.54, 1.807) is 0 Å². The van der Waals surface area contributed by atoms with E-state index >= 15 is 0 Å². The summed E-state index contributed by atoms with van der Waals surface area (Å²) in [4.78, 5) is 4.35. The van der Waals surface area contributed by atoms with Crippen molar-refractivity contribution < 1.29 is 4.52 Å². The highest BCUT2D eigenvalue weighted by Gasteiger charge is 2.14. The first-order valence-electron chi connectivity index (χ1n) is 4.98. The van der Waals surface area contributed by atoms with E-state index in [0.717, 1.165) is 24.6 Å². The Morgan fingerprint density at radius 1 is 1.31 bits per heavy atom. The van der Waals surface area contributed by atoms with Gasteiger partial charge in [0.1, 0.15) is 0 Å². The molecule has 1 heterocycles. The molecule has 1 unspecified atom stereocenters. The van der Waals surface area contributed by atoms with Gasteiger partial charge in [0, 0.05) is 11.8 Å². The second-order valence-corrected chi connectivity index (χ2v) is 3.84. The number of nitrogens with zero attached hydrogens (tertiary/aromatic N) is 2. The third kappa shape index (κ3) is 2.54. The summed E-state index contributed by atoms with van der Waals surface area (Å²) in [5.41, 5.74) is 0. The van der Waals surface area contributed by atoms with Crippen LogP contribution in [-0.2, 0) is 0 Å². The van der Waals surface area contributed by atoms with Gasteiger partial charge < -0.3 is 4.52 Å². The predicted octanol–water partition coefficient (Wildman–Crippen LogP) is 3.10. The van der Waals surface area contributed by atoms with Gasteiger partial charge in [0.05, 0.1) is 0 Å². The summed E-state index contributed by atoms with van der Waals surface area (Å²) in [7, 11) is 0. The lowest BCUT2D eigenvalue weighted by Crippen LogP contribution is -1.95.